The third kappa shape index (κ3) is 3.35. The van der Waals surface area contributed by atoms with Gasteiger partial charge in [0.05, 0.1) is 9.89 Å². The summed E-state index contributed by atoms with van der Waals surface area (Å²) in [6.07, 6.45) is 1.44. The molecule has 2 unspecified atom stereocenters. The molecule has 0 aliphatic rings. The van der Waals surface area contributed by atoms with E-state index in [2.05, 4.69) is 35.0 Å². The predicted octanol–water partition coefficient (Wildman–Crippen LogP) is 2.71. The topological polar surface area (TPSA) is 46.2 Å². The maximum Gasteiger partial charge on any atom is 0.0701 e. The van der Waals surface area contributed by atoms with Crippen LogP contribution < -0.4 is 5.73 Å². The summed E-state index contributed by atoms with van der Waals surface area (Å²) in [4.78, 5) is 1.33. The first-order chi connectivity index (χ1) is 6.67. The lowest BCUT2D eigenvalue weighted by Gasteiger charge is -2.16. The molecule has 0 radical (unpaired) electrons. The molecule has 0 amide bonds. The predicted molar refractivity (Wildman–Crippen MR) is 64.7 cm³/mol. The van der Waals surface area contributed by atoms with Gasteiger partial charge in [0.2, 0.25) is 0 Å². The van der Waals surface area contributed by atoms with Crippen LogP contribution in [0.2, 0.25) is 0 Å². The molecule has 14 heavy (non-hydrogen) atoms. The van der Waals surface area contributed by atoms with Crippen molar-refractivity contribution in [1.29, 1.82) is 0 Å². The number of aliphatic hydroxyl groups is 1. The van der Waals surface area contributed by atoms with E-state index in [4.69, 9.17) is 5.73 Å². The number of rotatable bonds is 5. The van der Waals surface area contributed by atoms with Gasteiger partial charge in [0.1, 0.15) is 0 Å². The highest BCUT2D eigenvalue weighted by molar-refractivity contribution is 9.11. The maximum absolute atomic E-state index is 9.50. The molecule has 0 saturated heterocycles. The highest BCUT2D eigenvalue weighted by Gasteiger charge is 2.15. The van der Waals surface area contributed by atoms with Crippen LogP contribution in [0.5, 0.6) is 0 Å². The van der Waals surface area contributed by atoms with Crippen molar-refractivity contribution in [2.75, 3.05) is 6.54 Å². The average molecular weight is 278 g/mol. The van der Waals surface area contributed by atoms with Crippen LogP contribution in [0.4, 0.5) is 0 Å². The van der Waals surface area contributed by atoms with Crippen LogP contribution in [0, 0.1) is 0 Å². The van der Waals surface area contributed by atoms with Crippen LogP contribution in [0.3, 0.4) is 0 Å². The summed E-state index contributed by atoms with van der Waals surface area (Å²) in [7, 11) is 0. The summed E-state index contributed by atoms with van der Waals surface area (Å²) in [6.45, 7) is 2.49. The molecule has 2 nitrogen and oxygen atoms in total. The number of nitrogens with two attached hydrogens (primary N) is 1. The summed E-state index contributed by atoms with van der Waals surface area (Å²) >= 11 is 5.18. The van der Waals surface area contributed by atoms with Gasteiger partial charge in [0, 0.05) is 11.4 Å². The maximum atomic E-state index is 9.50. The second-order valence-electron chi connectivity index (χ2n) is 3.37. The number of thiophene rings is 1. The fraction of sp³-hybridized carbons (Fsp3) is 0.600. The first kappa shape index (κ1) is 12.2. The zero-order chi connectivity index (χ0) is 10.6. The van der Waals surface area contributed by atoms with Crippen LogP contribution in [0.25, 0.3) is 0 Å². The zero-order valence-electron chi connectivity index (χ0n) is 8.24. The Morgan fingerprint density at radius 2 is 2.29 bits per heavy atom. The van der Waals surface area contributed by atoms with Gasteiger partial charge in [-0.3, -0.25) is 0 Å². The van der Waals surface area contributed by atoms with E-state index in [1.165, 1.54) is 4.88 Å². The SMILES string of the molecule is CCC(CC(O)CN)c1ccc(Br)s1. The highest BCUT2D eigenvalue weighted by Crippen LogP contribution is 2.32. The van der Waals surface area contributed by atoms with Gasteiger partial charge in [-0.15, -0.1) is 11.3 Å². The summed E-state index contributed by atoms with van der Waals surface area (Å²) < 4.78 is 1.15. The molecule has 0 spiro atoms. The van der Waals surface area contributed by atoms with E-state index < -0.39 is 0 Å². The summed E-state index contributed by atoms with van der Waals surface area (Å²) in [5.41, 5.74) is 5.40. The monoisotopic (exact) mass is 277 g/mol. The zero-order valence-corrected chi connectivity index (χ0v) is 10.6. The lowest BCUT2D eigenvalue weighted by Crippen LogP contribution is -2.21. The number of halogens is 1. The van der Waals surface area contributed by atoms with Crippen LogP contribution >= 0.6 is 27.3 Å². The molecule has 0 aliphatic heterocycles. The van der Waals surface area contributed by atoms with E-state index in [1.807, 2.05) is 0 Å². The smallest absolute Gasteiger partial charge is 0.0701 e. The van der Waals surface area contributed by atoms with E-state index >= 15 is 0 Å². The third-order valence-electron chi connectivity index (χ3n) is 2.32. The van der Waals surface area contributed by atoms with Crippen molar-refractivity contribution in [1.82, 2.24) is 0 Å². The second-order valence-corrected chi connectivity index (χ2v) is 5.87. The molecule has 0 fully saturated rings. The summed E-state index contributed by atoms with van der Waals surface area (Å²) in [5.74, 6) is 0.435. The van der Waals surface area contributed by atoms with E-state index in [9.17, 15) is 5.11 Å². The molecule has 1 rings (SSSR count). The molecule has 0 aromatic carbocycles. The Labute approximate surface area is 97.3 Å². The minimum atomic E-state index is -0.374. The van der Waals surface area contributed by atoms with E-state index in [0.717, 1.165) is 16.6 Å². The van der Waals surface area contributed by atoms with E-state index in [1.54, 1.807) is 11.3 Å². The van der Waals surface area contributed by atoms with Gasteiger partial charge in [-0.05, 0) is 46.8 Å². The van der Waals surface area contributed by atoms with E-state index in [0.29, 0.717) is 12.5 Å². The first-order valence-electron chi connectivity index (χ1n) is 4.80. The number of hydrogen-bond acceptors (Lipinski definition) is 3. The standard InChI is InChI=1S/C10H16BrNOS/c1-2-7(5-8(13)6-12)9-3-4-10(11)14-9/h3-4,7-8,13H,2,5-6,12H2,1H3. The second kappa shape index (κ2) is 5.85. The van der Waals surface area contributed by atoms with Crippen molar-refractivity contribution in [3.05, 3.63) is 20.8 Å². The minimum absolute atomic E-state index is 0.350. The molecule has 2 atom stereocenters. The quantitative estimate of drug-likeness (QED) is 0.870. The number of hydrogen-bond donors (Lipinski definition) is 2. The largest absolute Gasteiger partial charge is 0.392 e. The van der Waals surface area contributed by atoms with Crippen molar-refractivity contribution >= 4 is 27.3 Å². The lowest BCUT2D eigenvalue weighted by molar-refractivity contribution is 0.162. The van der Waals surface area contributed by atoms with Crippen LogP contribution in [0.15, 0.2) is 15.9 Å². The molecule has 0 bridgehead atoms. The van der Waals surface area contributed by atoms with Gasteiger partial charge in [-0.25, -0.2) is 0 Å². The summed E-state index contributed by atoms with van der Waals surface area (Å²) in [5, 5.41) is 9.50. The summed E-state index contributed by atoms with van der Waals surface area (Å²) in [6, 6.07) is 4.17. The fourth-order valence-electron chi connectivity index (χ4n) is 1.46. The molecular weight excluding hydrogens is 262 g/mol. The van der Waals surface area contributed by atoms with E-state index in [-0.39, 0.29) is 6.10 Å². The highest BCUT2D eigenvalue weighted by atomic mass is 79.9. The van der Waals surface area contributed by atoms with Gasteiger partial charge < -0.3 is 10.8 Å². The Kier molecular flexibility index (Phi) is 5.09. The normalized spacial score (nSPS) is 15.4. The Hall–Kier alpha value is 0.1000. The first-order valence-corrected chi connectivity index (χ1v) is 6.41. The Balaban J connectivity index is 2.62. The van der Waals surface area contributed by atoms with Crippen molar-refractivity contribution in [2.24, 2.45) is 5.73 Å². The van der Waals surface area contributed by atoms with Crippen LogP contribution in [0.1, 0.15) is 30.6 Å². The molecule has 3 N–H and O–H groups in total. The Morgan fingerprint density at radius 3 is 2.71 bits per heavy atom. The molecule has 0 saturated carbocycles. The average Bonchev–Trinajstić information content (AvgIpc) is 2.60. The van der Waals surface area contributed by atoms with Gasteiger partial charge in [-0.1, -0.05) is 6.92 Å². The van der Waals surface area contributed by atoms with Crippen LogP contribution in [-0.2, 0) is 0 Å². The molecule has 1 aromatic rings. The van der Waals surface area contributed by atoms with Gasteiger partial charge in [-0.2, -0.15) is 0 Å². The fourth-order valence-corrected chi connectivity index (χ4v) is 3.08. The molecule has 1 heterocycles. The van der Waals surface area contributed by atoms with Crippen molar-refractivity contribution < 1.29 is 5.11 Å². The van der Waals surface area contributed by atoms with Crippen molar-refractivity contribution in [2.45, 2.75) is 31.8 Å². The Morgan fingerprint density at radius 1 is 1.57 bits per heavy atom. The molecular formula is C10H16BrNOS. The minimum Gasteiger partial charge on any atom is -0.392 e. The molecule has 1 aromatic heterocycles. The van der Waals surface area contributed by atoms with Gasteiger partial charge in [0.25, 0.3) is 0 Å². The third-order valence-corrected chi connectivity index (χ3v) is 4.10. The Bertz CT molecular complexity index is 277. The number of aliphatic hydroxyl groups excluding tert-OH is 1. The molecule has 4 heteroatoms. The van der Waals surface area contributed by atoms with Crippen molar-refractivity contribution in [3.8, 4) is 0 Å². The van der Waals surface area contributed by atoms with Crippen LogP contribution in [-0.4, -0.2) is 17.8 Å². The van der Waals surface area contributed by atoms with Gasteiger partial charge in [0.15, 0.2) is 0 Å². The van der Waals surface area contributed by atoms with Crippen molar-refractivity contribution in [3.63, 3.8) is 0 Å². The molecule has 80 valence electrons. The lowest BCUT2D eigenvalue weighted by atomic mass is 9.97. The molecule has 0 aliphatic carbocycles. The van der Waals surface area contributed by atoms with Gasteiger partial charge >= 0.3 is 0 Å².